The van der Waals surface area contributed by atoms with Crippen molar-refractivity contribution in [2.45, 2.75) is 13.2 Å². The molecule has 2 aromatic rings. The fourth-order valence-corrected chi connectivity index (χ4v) is 2.17. The number of hydrogen-bond acceptors (Lipinski definition) is 3. The van der Waals surface area contributed by atoms with Crippen LogP contribution in [0.25, 0.3) is 6.08 Å². The Balaban J connectivity index is 1.82. The molecule has 2 rings (SSSR count). The fourth-order valence-electron chi connectivity index (χ4n) is 1.55. The highest BCUT2D eigenvalue weighted by molar-refractivity contribution is 7.10. The normalized spacial score (nSPS) is 10.8. The van der Waals surface area contributed by atoms with Crippen LogP contribution in [0.5, 0.6) is 0 Å². The van der Waals surface area contributed by atoms with E-state index in [-0.39, 0.29) is 12.5 Å². The van der Waals surface area contributed by atoms with Crippen molar-refractivity contribution in [1.29, 1.82) is 0 Å². The van der Waals surface area contributed by atoms with Gasteiger partial charge in [0.1, 0.15) is 0 Å². The Labute approximate surface area is 116 Å². The number of nitrogens with one attached hydrogen (secondary N) is 1. The van der Waals surface area contributed by atoms with Crippen molar-refractivity contribution in [2.24, 2.45) is 0 Å². The highest BCUT2D eigenvalue weighted by Crippen LogP contribution is 2.10. The summed E-state index contributed by atoms with van der Waals surface area (Å²) in [7, 11) is 0. The van der Waals surface area contributed by atoms with Crippen molar-refractivity contribution < 1.29 is 9.90 Å². The average Bonchev–Trinajstić information content (AvgIpc) is 2.96. The zero-order valence-corrected chi connectivity index (χ0v) is 11.2. The first kappa shape index (κ1) is 13.5. The topological polar surface area (TPSA) is 49.3 Å². The molecule has 3 nitrogen and oxygen atoms in total. The molecular weight excluding hydrogens is 258 g/mol. The monoisotopic (exact) mass is 273 g/mol. The minimum atomic E-state index is -0.111. The number of aliphatic hydroxyl groups excluding tert-OH is 1. The highest BCUT2D eigenvalue weighted by atomic mass is 32.1. The summed E-state index contributed by atoms with van der Waals surface area (Å²) in [5.74, 6) is -0.111. The van der Waals surface area contributed by atoms with Crippen molar-refractivity contribution >= 4 is 23.3 Å². The minimum Gasteiger partial charge on any atom is -0.392 e. The molecule has 0 unspecified atom stereocenters. The van der Waals surface area contributed by atoms with Gasteiger partial charge in [-0.2, -0.15) is 0 Å². The van der Waals surface area contributed by atoms with Crippen LogP contribution < -0.4 is 5.32 Å². The second kappa shape index (κ2) is 6.87. The maximum Gasteiger partial charge on any atom is 0.244 e. The van der Waals surface area contributed by atoms with E-state index in [1.54, 1.807) is 17.4 Å². The molecule has 0 atom stereocenters. The standard InChI is InChI=1S/C15H15NO2S/c17-11-13-5-3-12(4-6-13)10-16-15(18)8-7-14-2-1-9-19-14/h1-9,17H,10-11H2,(H,16,18)/b8-7+. The molecule has 1 aromatic heterocycles. The van der Waals surface area contributed by atoms with E-state index in [0.717, 1.165) is 16.0 Å². The molecule has 0 aliphatic carbocycles. The van der Waals surface area contributed by atoms with Gasteiger partial charge in [0.05, 0.1) is 6.61 Å². The molecule has 19 heavy (non-hydrogen) atoms. The summed E-state index contributed by atoms with van der Waals surface area (Å²) >= 11 is 1.59. The zero-order chi connectivity index (χ0) is 13.5. The molecule has 0 bridgehead atoms. The SMILES string of the molecule is O=C(/C=C/c1cccs1)NCc1ccc(CO)cc1. The van der Waals surface area contributed by atoms with Gasteiger partial charge >= 0.3 is 0 Å². The number of hydrogen-bond donors (Lipinski definition) is 2. The third-order valence-corrected chi connectivity index (χ3v) is 3.45. The summed E-state index contributed by atoms with van der Waals surface area (Å²) < 4.78 is 0. The number of amides is 1. The molecule has 4 heteroatoms. The number of carbonyl (C=O) groups is 1. The van der Waals surface area contributed by atoms with Crippen LogP contribution >= 0.6 is 11.3 Å². The Morgan fingerprint density at radius 3 is 2.58 bits per heavy atom. The first-order valence-electron chi connectivity index (χ1n) is 5.96. The smallest absolute Gasteiger partial charge is 0.244 e. The summed E-state index contributed by atoms with van der Waals surface area (Å²) in [4.78, 5) is 12.7. The van der Waals surface area contributed by atoms with Crippen molar-refractivity contribution in [2.75, 3.05) is 0 Å². The summed E-state index contributed by atoms with van der Waals surface area (Å²) in [6, 6.07) is 11.4. The lowest BCUT2D eigenvalue weighted by atomic mass is 10.1. The van der Waals surface area contributed by atoms with Crippen molar-refractivity contribution in [3.05, 3.63) is 63.9 Å². The molecule has 0 aliphatic heterocycles. The first-order valence-corrected chi connectivity index (χ1v) is 6.84. The van der Waals surface area contributed by atoms with Gasteiger partial charge in [0.2, 0.25) is 5.91 Å². The van der Waals surface area contributed by atoms with Gasteiger partial charge in [-0.05, 0) is 28.6 Å². The second-order valence-corrected chi connectivity index (χ2v) is 5.02. The van der Waals surface area contributed by atoms with E-state index in [1.165, 1.54) is 6.08 Å². The van der Waals surface area contributed by atoms with Gasteiger partial charge in [-0.25, -0.2) is 0 Å². The Morgan fingerprint density at radius 1 is 1.21 bits per heavy atom. The Bertz CT molecular complexity index is 544. The van der Waals surface area contributed by atoms with Gasteiger partial charge in [-0.15, -0.1) is 11.3 Å². The van der Waals surface area contributed by atoms with E-state index in [4.69, 9.17) is 5.11 Å². The summed E-state index contributed by atoms with van der Waals surface area (Å²) in [6.07, 6.45) is 3.34. The van der Waals surface area contributed by atoms with Crippen LogP contribution in [0.3, 0.4) is 0 Å². The van der Waals surface area contributed by atoms with Crippen LogP contribution in [0.2, 0.25) is 0 Å². The van der Waals surface area contributed by atoms with Crippen molar-refractivity contribution in [1.82, 2.24) is 5.32 Å². The highest BCUT2D eigenvalue weighted by Gasteiger charge is 1.97. The van der Waals surface area contributed by atoms with Gasteiger partial charge in [-0.1, -0.05) is 30.3 Å². The van der Waals surface area contributed by atoms with Crippen molar-refractivity contribution in [3.63, 3.8) is 0 Å². The number of benzene rings is 1. The third kappa shape index (κ3) is 4.35. The maximum absolute atomic E-state index is 11.6. The molecule has 0 aliphatic rings. The van der Waals surface area contributed by atoms with Crippen LogP contribution in [-0.2, 0) is 17.9 Å². The average molecular weight is 273 g/mol. The molecule has 1 aromatic carbocycles. The van der Waals surface area contributed by atoms with Crippen LogP contribution in [-0.4, -0.2) is 11.0 Å². The van der Waals surface area contributed by atoms with Crippen LogP contribution in [0, 0.1) is 0 Å². The summed E-state index contributed by atoms with van der Waals surface area (Å²) in [5.41, 5.74) is 1.88. The molecule has 0 saturated carbocycles. The summed E-state index contributed by atoms with van der Waals surface area (Å²) in [6.45, 7) is 0.523. The molecular formula is C15H15NO2S. The van der Waals surface area contributed by atoms with E-state index in [1.807, 2.05) is 41.8 Å². The lowest BCUT2D eigenvalue weighted by Crippen LogP contribution is -2.20. The third-order valence-electron chi connectivity index (χ3n) is 2.61. The molecule has 98 valence electrons. The van der Waals surface area contributed by atoms with Gasteiger partial charge in [0.25, 0.3) is 0 Å². The number of aliphatic hydroxyl groups is 1. The van der Waals surface area contributed by atoms with E-state index >= 15 is 0 Å². The van der Waals surface area contributed by atoms with E-state index in [9.17, 15) is 4.79 Å². The Morgan fingerprint density at radius 2 is 1.95 bits per heavy atom. The van der Waals surface area contributed by atoms with Gasteiger partial charge in [0, 0.05) is 17.5 Å². The fraction of sp³-hybridized carbons (Fsp3) is 0.133. The van der Waals surface area contributed by atoms with E-state index in [2.05, 4.69) is 5.32 Å². The lowest BCUT2D eigenvalue weighted by Gasteiger charge is -2.03. The Kier molecular flexibility index (Phi) is 4.89. The first-order chi connectivity index (χ1) is 9.28. The van der Waals surface area contributed by atoms with Crippen molar-refractivity contribution in [3.8, 4) is 0 Å². The molecule has 2 N–H and O–H groups in total. The molecule has 0 radical (unpaired) electrons. The maximum atomic E-state index is 11.6. The van der Waals surface area contributed by atoms with Crippen LogP contribution in [0.4, 0.5) is 0 Å². The largest absolute Gasteiger partial charge is 0.392 e. The molecule has 0 spiro atoms. The predicted octanol–water partition coefficient (Wildman–Crippen LogP) is 2.57. The number of thiophene rings is 1. The summed E-state index contributed by atoms with van der Waals surface area (Å²) in [5, 5.41) is 13.7. The lowest BCUT2D eigenvalue weighted by molar-refractivity contribution is -0.116. The van der Waals surface area contributed by atoms with Crippen LogP contribution in [0.1, 0.15) is 16.0 Å². The Hall–Kier alpha value is -1.91. The van der Waals surface area contributed by atoms with Crippen LogP contribution in [0.15, 0.2) is 47.9 Å². The number of rotatable bonds is 5. The minimum absolute atomic E-state index is 0.0379. The predicted molar refractivity (Wildman–Crippen MR) is 77.6 cm³/mol. The van der Waals surface area contributed by atoms with E-state index in [0.29, 0.717) is 6.54 Å². The van der Waals surface area contributed by atoms with E-state index < -0.39 is 0 Å². The van der Waals surface area contributed by atoms with Gasteiger partial charge < -0.3 is 10.4 Å². The molecule has 1 amide bonds. The van der Waals surface area contributed by atoms with Gasteiger partial charge in [-0.3, -0.25) is 4.79 Å². The quantitative estimate of drug-likeness (QED) is 0.823. The molecule has 0 fully saturated rings. The second-order valence-electron chi connectivity index (χ2n) is 4.04. The number of carbonyl (C=O) groups excluding carboxylic acids is 1. The molecule has 1 heterocycles. The molecule has 0 saturated heterocycles. The zero-order valence-electron chi connectivity index (χ0n) is 10.4. The van der Waals surface area contributed by atoms with Gasteiger partial charge in [0.15, 0.2) is 0 Å².